The lowest BCUT2D eigenvalue weighted by Gasteiger charge is -2.20. The van der Waals surface area contributed by atoms with Gasteiger partial charge in [0, 0.05) is 13.2 Å². The smallest absolute Gasteiger partial charge is 0.277 e. The van der Waals surface area contributed by atoms with Crippen molar-refractivity contribution in [2.24, 2.45) is 7.05 Å². The predicted octanol–water partition coefficient (Wildman–Crippen LogP) is 4.20. The minimum atomic E-state index is -0.129. The predicted molar refractivity (Wildman–Crippen MR) is 112 cm³/mol. The molecule has 0 radical (unpaired) electrons. The fourth-order valence-corrected chi connectivity index (χ4v) is 4.19. The molecule has 0 aliphatic carbocycles. The lowest BCUT2D eigenvalue weighted by molar-refractivity contribution is 0.0975. The molecule has 0 saturated heterocycles. The largest absolute Gasteiger partial charge is 0.278 e. The van der Waals surface area contributed by atoms with Gasteiger partial charge in [0.25, 0.3) is 5.91 Å². The second-order valence-corrected chi connectivity index (χ2v) is 7.92. The number of carbonyl (C=O) groups is 1. The molecule has 142 valence electrons. The minimum Gasteiger partial charge on any atom is -0.277 e. The van der Waals surface area contributed by atoms with Crippen LogP contribution in [-0.2, 0) is 13.6 Å². The van der Waals surface area contributed by atoms with Gasteiger partial charge in [-0.2, -0.15) is 5.10 Å². The van der Waals surface area contributed by atoms with Gasteiger partial charge in [-0.25, -0.2) is 4.98 Å². The first-order chi connectivity index (χ1) is 13.4. The second-order valence-electron chi connectivity index (χ2n) is 6.91. The van der Waals surface area contributed by atoms with Gasteiger partial charge in [0.15, 0.2) is 5.13 Å². The topological polar surface area (TPSA) is 63.9 Å². The summed E-state index contributed by atoms with van der Waals surface area (Å²) in [6.07, 6.45) is 3.44. The molecule has 1 amide bonds. The minimum absolute atomic E-state index is 0.129. The van der Waals surface area contributed by atoms with Crippen molar-refractivity contribution < 1.29 is 4.79 Å². The van der Waals surface area contributed by atoms with Crippen LogP contribution in [0.5, 0.6) is 0 Å². The quantitative estimate of drug-likeness (QED) is 0.523. The fraction of sp³-hybridized carbons (Fsp3) is 0.238. The van der Waals surface area contributed by atoms with E-state index in [0.717, 1.165) is 21.5 Å². The van der Waals surface area contributed by atoms with E-state index in [4.69, 9.17) is 4.98 Å². The highest BCUT2D eigenvalue weighted by molar-refractivity contribution is 7.22. The molecule has 0 aliphatic heterocycles. The number of amides is 1. The van der Waals surface area contributed by atoms with Crippen LogP contribution in [0, 0.1) is 20.8 Å². The summed E-state index contributed by atoms with van der Waals surface area (Å²) in [5, 5.41) is 4.89. The van der Waals surface area contributed by atoms with Gasteiger partial charge in [0.2, 0.25) is 0 Å². The number of aryl methyl sites for hydroxylation is 4. The number of carbonyl (C=O) groups excluding carboxylic acids is 1. The summed E-state index contributed by atoms with van der Waals surface area (Å²) in [5.41, 5.74) is 5.52. The highest BCUT2D eigenvalue weighted by atomic mass is 32.1. The van der Waals surface area contributed by atoms with Crippen LogP contribution in [0.2, 0.25) is 0 Å². The monoisotopic (exact) mass is 391 g/mol. The molecule has 0 N–H and O–H groups in total. The van der Waals surface area contributed by atoms with Crippen LogP contribution in [0.1, 0.15) is 32.9 Å². The lowest BCUT2D eigenvalue weighted by Crippen LogP contribution is -2.32. The molecular formula is C21H21N5OS. The first-order valence-corrected chi connectivity index (χ1v) is 9.84. The number of benzene rings is 1. The number of nitrogens with zero attached hydrogens (tertiary/aromatic N) is 5. The number of fused-ring (bicyclic) bond motifs is 1. The lowest BCUT2D eigenvalue weighted by atomic mass is 10.1. The Kier molecular flexibility index (Phi) is 4.68. The number of aromatic nitrogens is 4. The Balaban J connectivity index is 1.82. The first-order valence-electron chi connectivity index (χ1n) is 9.02. The third kappa shape index (κ3) is 3.29. The van der Waals surface area contributed by atoms with Crippen molar-refractivity contribution in [3.8, 4) is 0 Å². The Morgan fingerprint density at radius 2 is 1.93 bits per heavy atom. The van der Waals surface area contributed by atoms with Crippen LogP contribution in [0.3, 0.4) is 0 Å². The van der Waals surface area contributed by atoms with Crippen molar-refractivity contribution in [3.05, 3.63) is 70.8 Å². The molecule has 1 aromatic carbocycles. The molecule has 28 heavy (non-hydrogen) atoms. The van der Waals surface area contributed by atoms with Gasteiger partial charge in [0.1, 0.15) is 5.69 Å². The number of hydrogen-bond acceptors (Lipinski definition) is 5. The molecule has 4 rings (SSSR count). The number of anilines is 1. The van der Waals surface area contributed by atoms with Crippen LogP contribution >= 0.6 is 11.3 Å². The molecule has 3 heterocycles. The van der Waals surface area contributed by atoms with Gasteiger partial charge < -0.3 is 0 Å². The maximum atomic E-state index is 13.5. The second kappa shape index (κ2) is 7.16. The van der Waals surface area contributed by atoms with Crippen molar-refractivity contribution in [1.82, 2.24) is 19.7 Å². The average molecular weight is 392 g/mol. The Hall–Kier alpha value is -3.06. The van der Waals surface area contributed by atoms with Crippen LogP contribution in [0.15, 0.2) is 42.7 Å². The number of pyridine rings is 1. The zero-order chi connectivity index (χ0) is 19.8. The van der Waals surface area contributed by atoms with Gasteiger partial charge in [-0.15, -0.1) is 0 Å². The normalized spacial score (nSPS) is 11.1. The van der Waals surface area contributed by atoms with Crippen molar-refractivity contribution in [1.29, 1.82) is 0 Å². The summed E-state index contributed by atoms with van der Waals surface area (Å²) in [6, 6.07) is 9.90. The highest BCUT2D eigenvalue weighted by Crippen LogP contribution is 2.32. The number of thiazole rings is 1. The van der Waals surface area contributed by atoms with Gasteiger partial charge in [0.05, 0.1) is 28.7 Å². The maximum Gasteiger partial charge on any atom is 0.278 e. The SMILES string of the molecule is Cc1cc2nc(N(Cc3ccccn3)C(=O)c3c(C)cnn3C)sc2cc1C. The van der Waals surface area contributed by atoms with E-state index in [9.17, 15) is 4.79 Å². The summed E-state index contributed by atoms with van der Waals surface area (Å²) in [4.78, 5) is 24.3. The van der Waals surface area contributed by atoms with Crippen LogP contribution < -0.4 is 4.90 Å². The van der Waals surface area contributed by atoms with E-state index >= 15 is 0 Å². The Labute approximate surface area is 167 Å². The van der Waals surface area contributed by atoms with Crippen molar-refractivity contribution in [3.63, 3.8) is 0 Å². The molecule has 7 heteroatoms. The molecule has 0 bridgehead atoms. The Morgan fingerprint density at radius 3 is 2.61 bits per heavy atom. The summed E-state index contributed by atoms with van der Waals surface area (Å²) in [5.74, 6) is -0.129. The van der Waals surface area contributed by atoms with Crippen LogP contribution in [-0.4, -0.2) is 25.7 Å². The highest BCUT2D eigenvalue weighted by Gasteiger charge is 2.26. The summed E-state index contributed by atoms with van der Waals surface area (Å²) < 4.78 is 2.68. The molecule has 6 nitrogen and oxygen atoms in total. The summed E-state index contributed by atoms with van der Waals surface area (Å²) in [6.45, 7) is 6.40. The summed E-state index contributed by atoms with van der Waals surface area (Å²) >= 11 is 1.52. The van der Waals surface area contributed by atoms with Gasteiger partial charge in [-0.05, 0) is 61.7 Å². The standard InChI is InChI=1S/C21H21N5OS/c1-13-9-17-18(10-14(13)2)28-21(24-17)26(12-16-7-5-6-8-22-16)20(27)19-15(3)11-23-25(19)4/h5-11H,12H2,1-4H3. The van der Waals surface area contributed by atoms with E-state index in [-0.39, 0.29) is 5.91 Å². The Bertz CT molecular complexity index is 1100. The Morgan fingerprint density at radius 1 is 1.14 bits per heavy atom. The molecule has 0 saturated carbocycles. The molecule has 0 spiro atoms. The molecule has 0 atom stereocenters. The van der Waals surface area contributed by atoms with Crippen LogP contribution in [0.25, 0.3) is 10.2 Å². The number of hydrogen-bond donors (Lipinski definition) is 0. The van der Waals surface area contributed by atoms with Crippen LogP contribution in [0.4, 0.5) is 5.13 Å². The zero-order valence-corrected chi connectivity index (χ0v) is 17.1. The molecule has 0 fully saturated rings. The van der Waals surface area contributed by atoms with E-state index in [1.54, 1.807) is 29.0 Å². The molecule has 0 aliphatic rings. The zero-order valence-electron chi connectivity index (χ0n) is 16.3. The molecular weight excluding hydrogens is 370 g/mol. The summed E-state index contributed by atoms with van der Waals surface area (Å²) in [7, 11) is 1.78. The van der Waals surface area contributed by atoms with Crippen molar-refractivity contribution in [2.45, 2.75) is 27.3 Å². The van der Waals surface area contributed by atoms with E-state index < -0.39 is 0 Å². The van der Waals surface area contributed by atoms with E-state index in [2.05, 4.69) is 36.1 Å². The van der Waals surface area contributed by atoms with Gasteiger partial charge in [-0.3, -0.25) is 19.4 Å². The average Bonchev–Trinajstić information content (AvgIpc) is 3.23. The molecule has 0 unspecified atom stereocenters. The van der Waals surface area contributed by atoms with E-state index in [1.165, 1.54) is 22.5 Å². The van der Waals surface area contributed by atoms with E-state index in [0.29, 0.717) is 17.4 Å². The van der Waals surface area contributed by atoms with Gasteiger partial charge in [-0.1, -0.05) is 17.4 Å². The molecule has 4 aromatic rings. The fourth-order valence-electron chi connectivity index (χ4n) is 3.15. The molecule has 3 aromatic heterocycles. The maximum absolute atomic E-state index is 13.5. The third-order valence-electron chi connectivity index (χ3n) is 4.84. The van der Waals surface area contributed by atoms with Gasteiger partial charge >= 0.3 is 0 Å². The van der Waals surface area contributed by atoms with E-state index in [1.807, 2.05) is 25.1 Å². The first kappa shape index (κ1) is 18.3. The number of rotatable bonds is 4. The van der Waals surface area contributed by atoms with Crippen molar-refractivity contribution in [2.75, 3.05) is 4.90 Å². The van der Waals surface area contributed by atoms with Crippen molar-refractivity contribution >= 4 is 32.6 Å². The third-order valence-corrected chi connectivity index (χ3v) is 5.88.